The predicted octanol–water partition coefficient (Wildman–Crippen LogP) is 3.79. The Morgan fingerprint density at radius 2 is 2.16 bits per heavy atom. The van der Waals surface area contributed by atoms with E-state index in [1.807, 2.05) is 25.6 Å². The third kappa shape index (κ3) is 2.25. The molecule has 1 aromatic carbocycles. The monoisotopic (exact) mass is 274 g/mol. The lowest BCUT2D eigenvalue weighted by Gasteiger charge is -2.36. The Kier molecular flexibility index (Phi) is 3.27. The van der Waals surface area contributed by atoms with Crippen LogP contribution in [0.25, 0.3) is 0 Å². The van der Waals surface area contributed by atoms with Gasteiger partial charge in [0.1, 0.15) is 5.76 Å². The summed E-state index contributed by atoms with van der Waals surface area (Å²) in [6.07, 6.45) is 0. The summed E-state index contributed by atoms with van der Waals surface area (Å²) in [4.78, 5) is 3.82. The van der Waals surface area contributed by atoms with Gasteiger partial charge in [-0.15, -0.1) is 11.8 Å². The summed E-state index contributed by atoms with van der Waals surface area (Å²) in [6.45, 7) is 7.16. The summed E-state index contributed by atoms with van der Waals surface area (Å²) in [5.41, 5.74) is 3.54. The van der Waals surface area contributed by atoms with Crippen LogP contribution in [-0.2, 0) is 6.54 Å². The van der Waals surface area contributed by atoms with Crippen molar-refractivity contribution in [2.45, 2.75) is 38.3 Å². The molecule has 1 aromatic heterocycles. The molecule has 1 atom stereocenters. The van der Waals surface area contributed by atoms with Crippen molar-refractivity contribution in [2.75, 3.05) is 10.7 Å². The first-order valence-corrected chi connectivity index (χ1v) is 7.55. The molecule has 0 radical (unpaired) electrons. The standard InChI is InChI=1S/C15H18N2OS/c1-10-9-19-15-7-5-4-6-14(15)17(10)8-13-11(2)16-18-12(13)3/h4-7,10H,8-9H2,1-3H3/t10-/m1/s1. The molecule has 0 fully saturated rings. The van der Waals surface area contributed by atoms with E-state index in [1.165, 1.54) is 16.1 Å². The Bertz CT molecular complexity index is 574. The van der Waals surface area contributed by atoms with Crippen molar-refractivity contribution in [3.8, 4) is 0 Å². The van der Waals surface area contributed by atoms with Crippen LogP contribution < -0.4 is 4.90 Å². The van der Waals surface area contributed by atoms with E-state index in [4.69, 9.17) is 4.52 Å². The van der Waals surface area contributed by atoms with Crippen LogP contribution in [0.3, 0.4) is 0 Å². The fourth-order valence-electron chi connectivity index (χ4n) is 2.49. The third-order valence-electron chi connectivity index (χ3n) is 3.70. The molecule has 0 saturated carbocycles. The first-order chi connectivity index (χ1) is 9.16. The summed E-state index contributed by atoms with van der Waals surface area (Å²) >= 11 is 1.94. The van der Waals surface area contributed by atoms with Crippen LogP contribution in [0.1, 0.15) is 23.9 Å². The average molecular weight is 274 g/mol. The van der Waals surface area contributed by atoms with Crippen molar-refractivity contribution in [3.05, 3.63) is 41.3 Å². The molecule has 0 unspecified atom stereocenters. The van der Waals surface area contributed by atoms with Crippen LogP contribution in [0.4, 0.5) is 5.69 Å². The number of aromatic nitrogens is 1. The maximum atomic E-state index is 5.28. The van der Waals surface area contributed by atoms with E-state index in [-0.39, 0.29) is 0 Å². The topological polar surface area (TPSA) is 29.3 Å². The normalized spacial score (nSPS) is 18.5. The highest BCUT2D eigenvalue weighted by molar-refractivity contribution is 7.99. The molecule has 0 spiro atoms. The lowest BCUT2D eigenvalue weighted by atomic mass is 10.1. The SMILES string of the molecule is Cc1noc(C)c1CN1c2ccccc2SC[C@H]1C. The summed E-state index contributed by atoms with van der Waals surface area (Å²) in [7, 11) is 0. The van der Waals surface area contributed by atoms with Gasteiger partial charge in [-0.1, -0.05) is 17.3 Å². The lowest BCUT2D eigenvalue weighted by molar-refractivity contribution is 0.392. The molecule has 0 saturated heterocycles. The number of para-hydroxylation sites is 1. The molecule has 3 rings (SSSR count). The highest BCUT2D eigenvalue weighted by atomic mass is 32.2. The molecule has 1 aliphatic heterocycles. The van der Waals surface area contributed by atoms with E-state index in [9.17, 15) is 0 Å². The largest absolute Gasteiger partial charge is 0.363 e. The van der Waals surface area contributed by atoms with Gasteiger partial charge in [0, 0.05) is 28.8 Å². The van der Waals surface area contributed by atoms with Crippen molar-refractivity contribution >= 4 is 17.4 Å². The van der Waals surface area contributed by atoms with E-state index in [0.717, 1.165) is 23.8 Å². The summed E-state index contributed by atoms with van der Waals surface area (Å²) in [6, 6.07) is 9.14. The smallest absolute Gasteiger partial charge is 0.138 e. The molecule has 19 heavy (non-hydrogen) atoms. The second-order valence-corrected chi connectivity index (χ2v) is 6.12. The molecular weight excluding hydrogens is 256 g/mol. The first-order valence-electron chi connectivity index (χ1n) is 6.57. The van der Waals surface area contributed by atoms with Crippen molar-refractivity contribution < 1.29 is 4.52 Å². The Balaban J connectivity index is 1.96. The number of aryl methyl sites for hydroxylation is 2. The van der Waals surface area contributed by atoms with Gasteiger partial charge >= 0.3 is 0 Å². The van der Waals surface area contributed by atoms with Gasteiger partial charge in [0.2, 0.25) is 0 Å². The number of benzene rings is 1. The summed E-state index contributed by atoms with van der Waals surface area (Å²) in [5.74, 6) is 2.06. The Morgan fingerprint density at radius 3 is 2.89 bits per heavy atom. The van der Waals surface area contributed by atoms with Gasteiger partial charge in [-0.25, -0.2) is 0 Å². The number of rotatable bonds is 2. The second-order valence-electron chi connectivity index (χ2n) is 5.06. The highest BCUT2D eigenvalue weighted by Gasteiger charge is 2.25. The Morgan fingerprint density at radius 1 is 1.37 bits per heavy atom. The van der Waals surface area contributed by atoms with Gasteiger partial charge in [0.25, 0.3) is 0 Å². The molecular formula is C15H18N2OS. The Labute approximate surface area is 118 Å². The molecule has 1 aliphatic rings. The molecule has 2 heterocycles. The number of hydrogen-bond donors (Lipinski definition) is 0. The Hall–Kier alpha value is -1.42. The summed E-state index contributed by atoms with van der Waals surface area (Å²) < 4.78 is 5.28. The van der Waals surface area contributed by atoms with E-state index in [1.54, 1.807) is 0 Å². The van der Waals surface area contributed by atoms with Crippen molar-refractivity contribution in [2.24, 2.45) is 0 Å². The van der Waals surface area contributed by atoms with Crippen molar-refractivity contribution in [1.29, 1.82) is 0 Å². The molecule has 100 valence electrons. The number of thioether (sulfide) groups is 1. The molecule has 0 aliphatic carbocycles. The van der Waals surface area contributed by atoms with E-state index >= 15 is 0 Å². The van der Waals surface area contributed by atoms with Crippen LogP contribution in [0, 0.1) is 13.8 Å². The maximum Gasteiger partial charge on any atom is 0.138 e. The van der Waals surface area contributed by atoms with Crippen LogP contribution >= 0.6 is 11.8 Å². The van der Waals surface area contributed by atoms with Crippen LogP contribution in [0.15, 0.2) is 33.7 Å². The fourth-order valence-corrected chi connectivity index (χ4v) is 3.60. The van der Waals surface area contributed by atoms with Gasteiger partial charge in [0.15, 0.2) is 0 Å². The van der Waals surface area contributed by atoms with Crippen LogP contribution in [0.5, 0.6) is 0 Å². The average Bonchev–Trinajstić information content (AvgIpc) is 2.73. The molecule has 0 N–H and O–H groups in total. The minimum atomic E-state index is 0.522. The van der Waals surface area contributed by atoms with Gasteiger partial charge < -0.3 is 9.42 Å². The maximum absolute atomic E-state index is 5.28. The van der Waals surface area contributed by atoms with Crippen molar-refractivity contribution in [1.82, 2.24) is 5.16 Å². The van der Waals surface area contributed by atoms with Gasteiger partial charge in [-0.05, 0) is 32.9 Å². The number of fused-ring (bicyclic) bond motifs is 1. The predicted molar refractivity (Wildman–Crippen MR) is 78.8 cm³/mol. The highest BCUT2D eigenvalue weighted by Crippen LogP contribution is 2.38. The number of nitrogens with zero attached hydrogens (tertiary/aromatic N) is 2. The quantitative estimate of drug-likeness (QED) is 0.833. The van der Waals surface area contributed by atoms with Crippen LogP contribution in [0.2, 0.25) is 0 Å². The molecule has 0 bridgehead atoms. The number of hydrogen-bond acceptors (Lipinski definition) is 4. The number of anilines is 1. The van der Waals surface area contributed by atoms with Crippen LogP contribution in [-0.4, -0.2) is 17.0 Å². The van der Waals surface area contributed by atoms with Gasteiger partial charge in [0.05, 0.1) is 11.4 Å². The minimum absolute atomic E-state index is 0.522. The zero-order chi connectivity index (χ0) is 13.4. The first kappa shape index (κ1) is 12.6. The van der Waals surface area contributed by atoms with E-state index in [0.29, 0.717) is 6.04 Å². The lowest BCUT2D eigenvalue weighted by Crippen LogP contribution is -2.37. The zero-order valence-corrected chi connectivity index (χ0v) is 12.3. The van der Waals surface area contributed by atoms with Crippen molar-refractivity contribution in [3.63, 3.8) is 0 Å². The molecule has 3 nitrogen and oxygen atoms in total. The van der Waals surface area contributed by atoms with E-state index < -0.39 is 0 Å². The van der Waals surface area contributed by atoms with Gasteiger partial charge in [-0.2, -0.15) is 0 Å². The van der Waals surface area contributed by atoms with Gasteiger partial charge in [-0.3, -0.25) is 0 Å². The minimum Gasteiger partial charge on any atom is -0.363 e. The van der Waals surface area contributed by atoms with E-state index in [2.05, 4.69) is 41.2 Å². The second kappa shape index (κ2) is 4.93. The molecule has 0 amide bonds. The molecule has 2 aromatic rings. The fraction of sp³-hybridized carbons (Fsp3) is 0.400. The molecule has 4 heteroatoms. The zero-order valence-electron chi connectivity index (χ0n) is 11.5. The third-order valence-corrected chi connectivity index (χ3v) is 5.00. The summed E-state index contributed by atoms with van der Waals surface area (Å²) in [5, 5.41) is 4.06.